The van der Waals surface area contributed by atoms with E-state index < -0.39 is 20.0 Å². The molecule has 0 saturated carbocycles. The highest BCUT2D eigenvalue weighted by Crippen LogP contribution is 2.43. The van der Waals surface area contributed by atoms with Crippen molar-refractivity contribution < 1.29 is 32.9 Å². The molecule has 0 aliphatic carbocycles. The second kappa shape index (κ2) is 47.1. The van der Waals surface area contributed by atoms with Gasteiger partial charge in [-0.1, -0.05) is 256 Å². The van der Waals surface area contributed by atoms with Gasteiger partial charge in [0.1, 0.15) is 13.2 Å². The monoisotopic (exact) mass is 926 g/mol. The third-order valence-electron chi connectivity index (χ3n) is 12.7. The van der Waals surface area contributed by atoms with Crippen LogP contribution in [-0.2, 0) is 18.4 Å². The number of aliphatic hydroxyl groups is 1. The summed E-state index contributed by atoms with van der Waals surface area (Å²) in [7, 11) is 1.57. The summed E-state index contributed by atoms with van der Waals surface area (Å²) in [6.07, 6.45) is 58.7. The van der Waals surface area contributed by atoms with Gasteiger partial charge in [0.2, 0.25) is 5.91 Å². The first-order valence-electron chi connectivity index (χ1n) is 27.7. The van der Waals surface area contributed by atoms with Gasteiger partial charge >= 0.3 is 7.82 Å². The van der Waals surface area contributed by atoms with Crippen LogP contribution in [0.5, 0.6) is 0 Å². The van der Waals surface area contributed by atoms with Crippen LogP contribution in [0.2, 0.25) is 0 Å². The third-order valence-corrected chi connectivity index (χ3v) is 13.7. The number of hydrogen-bond donors (Lipinski definition) is 3. The van der Waals surface area contributed by atoms with Gasteiger partial charge in [-0.25, -0.2) is 4.57 Å². The third kappa shape index (κ3) is 48.9. The normalized spacial score (nSPS) is 14.2. The molecule has 3 unspecified atom stereocenters. The maximum Gasteiger partial charge on any atom is 0.472 e. The maximum absolute atomic E-state index is 12.9. The number of nitrogens with zero attached hydrogens (tertiary/aromatic N) is 1. The number of phosphoric acid groups is 1. The minimum Gasteiger partial charge on any atom is -0.387 e. The number of likely N-dealkylation sites (N-methyl/N-ethyl adjacent to an activating group) is 1. The van der Waals surface area contributed by atoms with Gasteiger partial charge in [0.15, 0.2) is 0 Å². The summed E-state index contributed by atoms with van der Waals surface area (Å²) in [6, 6.07) is -0.859. The second-order valence-electron chi connectivity index (χ2n) is 20.3. The van der Waals surface area contributed by atoms with Crippen LogP contribution in [0.1, 0.15) is 271 Å². The van der Waals surface area contributed by atoms with E-state index in [2.05, 4.69) is 31.3 Å². The van der Waals surface area contributed by atoms with Crippen molar-refractivity contribution in [3.8, 4) is 0 Å². The fraction of sp³-hybridized carbons (Fsp3) is 0.909. The number of carbonyl (C=O) groups excluding carboxylic acids is 1. The van der Waals surface area contributed by atoms with Gasteiger partial charge in [0.05, 0.1) is 39.9 Å². The van der Waals surface area contributed by atoms with Crippen LogP contribution < -0.4 is 5.32 Å². The molecule has 0 aromatic heterocycles. The molecule has 3 atom stereocenters. The Labute approximate surface area is 398 Å². The average molecular weight is 926 g/mol. The Morgan fingerprint density at radius 3 is 1.25 bits per heavy atom. The van der Waals surface area contributed by atoms with Crippen LogP contribution in [0.15, 0.2) is 24.3 Å². The molecule has 0 aromatic carbocycles. The summed E-state index contributed by atoms with van der Waals surface area (Å²) in [5.74, 6) is -0.185. The number of amides is 1. The quantitative estimate of drug-likeness (QED) is 0.0243. The SMILES string of the molecule is CCCCCCCCCCCCCCCCCCCCCCCCCC/C=C/CC/C=C/C(O)C(COP(=O)(O)OCC[N+](C)(C)C)NC(=O)CCCCCCCCCCCCCC. The second-order valence-corrected chi connectivity index (χ2v) is 21.8. The maximum atomic E-state index is 12.9. The fourth-order valence-corrected chi connectivity index (χ4v) is 9.03. The van der Waals surface area contributed by atoms with Gasteiger partial charge in [-0.05, 0) is 32.1 Å². The van der Waals surface area contributed by atoms with Crippen LogP contribution in [-0.4, -0.2) is 73.4 Å². The Balaban J connectivity index is 4.12. The van der Waals surface area contributed by atoms with Crippen molar-refractivity contribution in [2.45, 2.75) is 283 Å². The summed E-state index contributed by atoms with van der Waals surface area (Å²) in [5.41, 5.74) is 0. The Kier molecular flexibility index (Phi) is 46.3. The molecule has 0 heterocycles. The topological polar surface area (TPSA) is 105 Å². The molecule has 3 N–H and O–H groups in total. The van der Waals surface area contributed by atoms with E-state index in [-0.39, 0.29) is 19.1 Å². The van der Waals surface area contributed by atoms with Gasteiger partial charge in [-0.3, -0.25) is 13.8 Å². The fourth-order valence-electron chi connectivity index (χ4n) is 8.30. The van der Waals surface area contributed by atoms with E-state index in [9.17, 15) is 19.4 Å². The van der Waals surface area contributed by atoms with E-state index in [0.29, 0.717) is 17.4 Å². The van der Waals surface area contributed by atoms with E-state index >= 15 is 0 Å². The number of rotatable bonds is 51. The van der Waals surface area contributed by atoms with Crippen molar-refractivity contribution in [3.05, 3.63) is 24.3 Å². The van der Waals surface area contributed by atoms with Crippen molar-refractivity contribution in [1.82, 2.24) is 5.32 Å². The molecule has 9 heteroatoms. The van der Waals surface area contributed by atoms with Gasteiger partial charge in [-0.15, -0.1) is 0 Å². The van der Waals surface area contributed by atoms with Crippen molar-refractivity contribution in [1.29, 1.82) is 0 Å². The number of phosphoric ester groups is 1. The average Bonchev–Trinajstić information content (AvgIpc) is 3.25. The van der Waals surface area contributed by atoms with E-state index in [4.69, 9.17) is 9.05 Å². The smallest absolute Gasteiger partial charge is 0.387 e. The zero-order chi connectivity index (χ0) is 47.1. The van der Waals surface area contributed by atoms with Crippen LogP contribution in [0.25, 0.3) is 0 Å². The Bertz CT molecular complexity index is 1090. The number of unbranched alkanes of at least 4 members (excludes halogenated alkanes) is 36. The highest BCUT2D eigenvalue weighted by atomic mass is 31.2. The number of quaternary nitrogens is 1. The van der Waals surface area contributed by atoms with Crippen molar-refractivity contribution in [2.24, 2.45) is 0 Å². The van der Waals surface area contributed by atoms with E-state index in [1.54, 1.807) is 6.08 Å². The van der Waals surface area contributed by atoms with Crippen molar-refractivity contribution >= 4 is 13.7 Å². The first-order valence-corrected chi connectivity index (χ1v) is 29.2. The van der Waals surface area contributed by atoms with Gasteiger partial charge in [-0.2, -0.15) is 0 Å². The molecule has 0 fully saturated rings. The number of hydrogen-bond acceptors (Lipinski definition) is 5. The molecule has 0 rings (SSSR count). The molecular weight excluding hydrogens is 816 g/mol. The van der Waals surface area contributed by atoms with Crippen LogP contribution in [0, 0.1) is 0 Å². The van der Waals surface area contributed by atoms with Crippen molar-refractivity contribution in [2.75, 3.05) is 40.9 Å². The molecule has 380 valence electrons. The lowest BCUT2D eigenvalue weighted by molar-refractivity contribution is -0.870. The van der Waals surface area contributed by atoms with Gasteiger partial charge in [0, 0.05) is 6.42 Å². The van der Waals surface area contributed by atoms with Crippen LogP contribution in [0.3, 0.4) is 0 Å². The Morgan fingerprint density at radius 1 is 0.516 bits per heavy atom. The minimum absolute atomic E-state index is 0.0584. The molecule has 0 bridgehead atoms. The molecular formula is C55H110N2O6P+. The number of carbonyl (C=O) groups is 1. The number of nitrogens with one attached hydrogen (secondary N) is 1. The molecule has 0 aliphatic rings. The summed E-state index contributed by atoms with van der Waals surface area (Å²) in [5, 5.41) is 13.9. The molecule has 0 radical (unpaired) electrons. The number of aliphatic hydroxyl groups excluding tert-OH is 1. The predicted octanol–water partition coefficient (Wildman–Crippen LogP) is 16.4. The van der Waals surface area contributed by atoms with E-state index in [1.807, 2.05) is 27.2 Å². The summed E-state index contributed by atoms with van der Waals surface area (Å²) in [6.45, 7) is 4.82. The standard InChI is InChI=1S/C55H109N2O6P/c1-6-8-10-12-14-16-18-20-21-22-23-24-25-26-27-28-29-30-31-32-33-34-35-36-37-38-40-42-44-46-48-54(58)53(52-63-64(60,61)62-51-50-57(3,4)5)56-55(59)49-47-45-43-41-39-19-17-15-13-11-9-7-2/h38,40,46,48,53-54,58H,6-37,39,41-45,47,49-52H2,1-5H3,(H-,56,59,60,61)/p+1/b40-38+,48-46+. The summed E-state index contributed by atoms with van der Waals surface area (Å²) in [4.78, 5) is 23.2. The van der Waals surface area contributed by atoms with Gasteiger partial charge < -0.3 is 19.8 Å². The first kappa shape index (κ1) is 63.0. The molecule has 1 amide bonds. The van der Waals surface area contributed by atoms with Crippen LogP contribution >= 0.6 is 7.82 Å². The zero-order valence-corrected chi connectivity index (χ0v) is 44.2. The minimum atomic E-state index is -4.35. The molecule has 0 saturated heterocycles. The lowest BCUT2D eigenvalue weighted by atomic mass is 10.0. The summed E-state index contributed by atoms with van der Waals surface area (Å²) < 4.78 is 23.6. The first-order chi connectivity index (χ1) is 31.0. The highest BCUT2D eigenvalue weighted by Gasteiger charge is 2.27. The lowest BCUT2D eigenvalue weighted by Gasteiger charge is -2.25. The molecule has 0 aliphatic heterocycles. The van der Waals surface area contributed by atoms with Crippen molar-refractivity contribution in [3.63, 3.8) is 0 Å². The molecule has 64 heavy (non-hydrogen) atoms. The highest BCUT2D eigenvalue weighted by molar-refractivity contribution is 7.47. The Morgan fingerprint density at radius 2 is 0.859 bits per heavy atom. The Hall–Kier alpha value is -1.02. The number of allylic oxidation sites excluding steroid dienone is 3. The molecule has 0 spiro atoms. The molecule has 0 aromatic rings. The largest absolute Gasteiger partial charge is 0.472 e. The lowest BCUT2D eigenvalue weighted by Crippen LogP contribution is -2.45. The summed E-state index contributed by atoms with van der Waals surface area (Å²) >= 11 is 0. The van der Waals surface area contributed by atoms with E-state index in [1.165, 1.54) is 212 Å². The predicted molar refractivity (Wildman–Crippen MR) is 277 cm³/mol. The van der Waals surface area contributed by atoms with Crippen LogP contribution in [0.4, 0.5) is 0 Å². The molecule has 8 nitrogen and oxygen atoms in total. The zero-order valence-electron chi connectivity index (χ0n) is 43.3. The van der Waals surface area contributed by atoms with E-state index in [0.717, 1.165) is 38.5 Å². The van der Waals surface area contributed by atoms with Gasteiger partial charge in [0.25, 0.3) is 0 Å².